The van der Waals surface area contributed by atoms with Gasteiger partial charge in [0.15, 0.2) is 0 Å². The van der Waals surface area contributed by atoms with Crippen molar-refractivity contribution in [2.24, 2.45) is 0 Å². The molecule has 4 nitrogen and oxygen atoms in total. The van der Waals surface area contributed by atoms with Crippen molar-refractivity contribution < 1.29 is 9.53 Å². The minimum atomic E-state index is -0.295. The number of hydrogen-bond acceptors (Lipinski definition) is 3. The molecule has 1 aromatic heterocycles. The molecule has 0 aliphatic carbocycles. The van der Waals surface area contributed by atoms with Crippen molar-refractivity contribution in [2.75, 3.05) is 7.11 Å². The van der Waals surface area contributed by atoms with Crippen LogP contribution in [0, 0.1) is 0 Å². The summed E-state index contributed by atoms with van der Waals surface area (Å²) >= 11 is 3.47. The molecule has 0 radical (unpaired) electrons. The second kappa shape index (κ2) is 5.14. The van der Waals surface area contributed by atoms with Gasteiger partial charge in [0.25, 0.3) is 0 Å². The third-order valence-electron chi connectivity index (χ3n) is 2.36. The maximum absolute atomic E-state index is 11.3. The Hall–Kier alpha value is -1.62. The molecule has 2 rings (SSSR count). The van der Waals surface area contributed by atoms with Crippen molar-refractivity contribution in [3.8, 4) is 11.4 Å². The molecule has 1 aromatic carbocycles. The van der Waals surface area contributed by atoms with Crippen molar-refractivity contribution in [2.45, 2.75) is 6.54 Å². The molecule has 0 amide bonds. The zero-order chi connectivity index (χ0) is 12.3. The molecular formula is C12H11BrN2O2. The van der Waals surface area contributed by atoms with E-state index in [1.807, 2.05) is 24.3 Å². The highest BCUT2D eigenvalue weighted by molar-refractivity contribution is 9.10. The Bertz CT molecular complexity index is 537. The lowest BCUT2D eigenvalue weighted by Gasteiger charge is -2.07. The summed E-state index contributed by atoms with van der Waals surface area (Å²) in [6.45, 7) is 0.160. The molecule has 0 bridgehead atoms. The first-order chi connectivity index (χ1) is 8.22. The van der Waals surface area contributed by atoms with E-state index in [4.69, 9.17) is 0 Å². The van der Waals surface area contributed by atoms with Crippen LogP contribution in [0.4, 0.5) is 0 Å². The molecule has 0 unspecified atom stereocenters. The van der Waals surface area contributed by atoms with E-state index < -0.39 is 0 Å². The third-order valence-corrected chi connectivity index (χ3v) is 3.05. The molecule has 1 heterocycles. The number of halogens is 1. The Labute approximate surface area is 107 Å². The monoisotopic (exact) mass is 294 g/mol. The van der Waals surface area contributed by atoms with E-state index in [9.17, 15) is 4.79 Å². The van der Waals surface area contributed by atoms with Crippen LogP contribution in [0.15, 0.2) is 41.1 Å². The number of nitrogens with zero attached hydrogens (tertiary/aromatic N) is 2. The summed E-state index contributed by atoms with van der Waals surface area (Å²) in [5.41, 5.74) is 0.946. The van der Waals surface area contributed by atoms with E-state index in [0.29, 0.717) is 0 Å². The van der Waals surface area contributed by atoms with Crippen LogP contribution in [0.1, 0.15) is 0 Å². The molecule has 0 N–H and O–H groups in total. The first-order valence-electron chi connectivity index (χ1n) is 5.05. The van der Waals surface area contributed by atoms with Gasteiger partial charge in [-0.2, -0.15) is 0 Å². The van der Waals surface area contributed by atoms with E-state index in [1.54, 1.807) is 17.0 Å². The number of rotatable bonds is 3. The number of benzene rings is 1. The van der Waals surface area contributed by atoms with Crippen molar-refractivity contribution >= 4 is 21.9 Å². The molecule has 0 aliphatic rings. The summed E-state index contributed by atoms with van der Waals surface area (Å²) in [7, 11) is 1.37. The number of aromatic nitrogens is 2. The molecule has 0 atom stereocenters. The molecule has 17 heavy (non-hydrogen) atoms. The van der Waals surface area contributed by atoms with Crippen molar-refractivity contribution in [1.82, 2.24) is 9.55 Å². The average Bonchev–Trinajstić information content (AvgIpc) is 2.77. The molecule has 5 heteroatoms. The first-order valence-corrected chi connectivity index (χ1v) is 5.84. The number of esters is 1. The Morgan fingerprint density at radius 2 is 2.24 bits per heavy atom. The minimum Gasteiger partial charge on any atom is -0.468 e. The normalized spacial score (nSPS) is 10.2. The van der Waals surface area contributed by atoms with E-state index in [1.165, 1.54) is 7.11 Å². The predicted molar refractivity (Wildman–Crippen MR) is 67.4 cm³/mol. The summed E-state index contributed by atoms with van der Waals surface area (Å²) < 4.78 is 7.34. The van der Waals surface area contributed by atoms with E-state index in [2.05, 4.69) is 25.7 Å². The van der Waals surface area contributed by atoms with E-state index in [-0.39, 0.29) is 12.5 Å². The smallest absolute Gasteiger partial charge is 0.325 e. The molecule has 0 saturated heterocycles. The van der Waals surface area contributed by atoms with Gasteiger partial charge in [0.1, 0.15) is 12.4 Å². The van der Waals surface area contributed by atoms with E-state index in [0.717, 1.165) is 15.9 Å². The summed E-state index contributed by atoms with van der Waals surface area (Å²) in [4.78, 5) is 15.5. The summed E-state index contributed by atoms with van der Waals surface area (Å²) in [6, 6.07) is 7.74. The van der Waals surface area contributed by atoms with Crippen molar-refractivity contribution in [1.29, 1.82) is 0 Å². The average molecular weight is 295 g/mol. The van der Waals surface area contributed by atoms with E-state index >= 15 is 0 Å². The topological polar surface area (TPSA) is 44.1 Å². The maximum atomic E-state index is 11.3. The van der Waals surface area contributed by atoms with Gasteiger partial charge >= 0.3 is 5.97 Å². The standard InChI is InChI=1S/C12H11BrN2O2/c1-17-11(16)8-15-7-6-14-12(15)9-4-2-3-5-10(9)13/h2-7H,8H2,1H3. The van der Waals surface area contributed by atoms with Crippen LogP contribution in [0.5, 0.6) is 0 Å². The number of hydrogen-bond donors (Lipinski definition) is 0. The highest BCUT2D eigenvalue weighted by atomic mass is 79.9. The zero-order valence-electron chi connectivity index (χ0n) is 9.26. The Kier molecular flexibility index (Phi) is 3.58. The fourth-order valence-corrected chi connectivity index (χ4v) is 1.99. The fourth-order valence-electron chi connectivity index (χ4n) is 1.53. The van der Waals surface area contributed by atoms with Crippen molar-refractivity contribution in [3.63, 3.8) is 0 Å². The molecule has 0 saturated carbocycles. The molecule has 0 aliphatic heterocycles. The predicted octanol–water partition coefficient (Wildman–Crippen LogP) is 2.49. The zero-order valence-corrected chi connectivity index (χ0v) is 10.8. The molecule has 88 valence electrons. The lowest BCUT2D eigenvalue weighted by molar-refractivity contribution is -0.141. The molecule has 2 aromatic rings. The highest BCUT2D eigenvalue weighted by Gasteiger charge is 2.11. The lowest BCUT2D eigenvalue weighted by Crippen LogP contribution is -2.11. The molecule has 0 spiro atoms. The maximum Gasteiger partial charge on any atom is 0.325 e. The Morgan fingerprint density at radius 1 is 1.47 bits per heavy atom. The second-order valence-electron chi connectivity index (χ2n) is 3.43. The van der Waals surface area contributed by atoms with Crippen LogP contribution in [-0.2, 0) is 16.1 Å². The first kappa shape index (κ1) is 11.9. The summed E-state index contributed by atoms with van der Waals surface area (Å²) in [6.07, 6.45) is 3.42. The Morgan fingerprint density at radius 3 is 2.94 bits per heavy atom. The quantitative estimate of drug-likeness (QED) is 0.817. The van der Waals surface area contributed by atoms with Crippen LogP contribution >= 0.6 is 15.9 Å². The summed E-state index contributed by atoms with van der Waals surface area (Å²) in [5, 5.41) is 0. The van der Waals surface area contributed by atoms with Crippen LogP contribution in [-0.4, -0.2) is 22.6 Å². The number of carbonyl (C=O) groups is 1. The van der Waals surface area contributed by atoms with Gasteiger partial charge in [0.05, 0.1) is 7.11 Å². The van der Waals surface area contributed by atoms with Gasteiger partial charge in [-0.05, 0) is 6.07 Å². The van der Waals surface area contributed by atoms with Gasteiger partial charge in [-0.25, -0.2) is 4.98 Å². The van der Waals surface area contributed by atoms with Gasteiger partial charge in [-0.3, -0.25) is 4.79 Å². The number of ether oxygens (including phenoxy) is 1. The fraction of sp³-hybridized carbons (Fsp3) is 0.167. The summed E-state index contributed by atoms with van der Waals surface area (Å²) in [5.74, 6) is 0.444. The van der Waals surface area contributed by atoms with Gasteiger partial charge in [0.2, 0.25) is 0 Å². The number of imidazole rings is 1. The second-order valence-corrected chi connectivity index (χ2v) is 4.29. The number of methoxy groups -OCH3 is 1. The lowest BCUT2D eigenvalue weighted by atomic mass is 10.2. The van der Waals surface area contributed by atoms with Crippen LogP contribution in [0.2, 0.25) is 0 Å². The van der Waals surface area contributed by atoms with Crippen LogP contribution in [0.25, 0.3) is 11.4 Å². The highest BCUT2D eigenvalue weighted by Crippen LogP contribution is 2.26. The largest absolute Gasteiger partial charge is 0.468 e. The SMILES string of the molecule is COC(=O)Cn1ccnc1-c1ccccc1Br. The number of carbonyl (C=O) groups excluding carboxylic acids is 1. The van der Waals surface area contributed by atoms with Crippen LogP contribution in [0.3, 0.4) is 0 Å². The van der Waals surface area contributed by atoms with Crippen molar-refractivity contribution in [3.05, 3.63) is 41.1 Å². The minimum absolute atomic E-state index is 0.160. The van der Waals surface area contributed by atoms with Gasteiger partial charge in [-0.1, -0.05) is 34.1 Å². The molecular weight excluding hydrogens is 284 g/mol. The Balaban J connectivity index is 2.37. The van der Waals surface area contributed by atoms with Gasteiger partial charge in [0, 0.05) is 22.4 Å². The third kappa shape index (κ3) is 2.55. The van der Waals surface area contributed by atoms with Gasteiger partial charge in [-0.15, -0.1) is 0 Å². The van der Waals surface area contributed by atoms with Crippen LogP contribution < -0.4 is 0 Å². The van der Waals surface area contributed by atoms with Gasteiger partial charge < -0.3 is 9.30 Å². The molecule has 0 fully saturated rings.